The maximum Gasteiger partial charge on any atom is 0.101 e. The number of aliphatic hydroxyl groups is 1. The van der Waals surface area contributed by atoms with Crippen molar-refractivity contribution in [2.75, 3.05) is 32.9 Å². The fraction of sp³-hybridized carbons (Fsp3) is 1.00. The highest BCUT2D eigenvalue weighted by Crippen LogP contribution is 2.35. The first kappa shape index (κ1) is 15.2. The summed E-state index contributed by atoms with van der Waals surface area (Å²) in [6.45, 7) is 7.28. The van der Waals surface area contributed by atoms with Crippen LogP contribution in [0.25, 0.3) is 0 Å². The van der Waals surface area contributed by atoms with Crippen LogP contribution in [0.15, 0.2) is 0 Å². The molecular formula is C14H27NO4. The number of rotatable bonds is 6. The Bertz CT molecular complexity index is 266. The molecule has 1 spiro atoms. The first-order valence-corrected chi connectivity index (χ1v) is 7.36. The van der Waals surface area contributed by atoms with Gasteiger partial charge in [-0.2, -0.15) is 0 Å². The first-order chi connectivity index (χ1) is 9.10. The van der Waals surface area contributed by atoms with Crippen molar-refractivity contribution in [2.24, 2.45) is 0 Å². The van der Waals surface area contributed by atoms with Crippen LogP contribution in [0, 0.1) is 0 Å². The molecule has 2 rings (SSSR count). The van der Waals surface area contributed by atoms with Crippen LogP contribution in [0.3, 0.4) is 0 Å². The second kappa shape index (κ2) is 6.99. The molecule has 0 aromatic rings. The fourth-order valence-corrected chi connectivity index (χ4v) is 2.74. The zero-order valence-corrected chi connectivity index (χ0v) is 12.1. The van der Waals surface area contributed by atoms with E-state index in [0.29, 0.717) is 19.8 Å². The van der Waals surface area contributed by atoms with Gasteiger partial charge in [0.2, 0.25) is 0 Å². The number of nitrogens with one attached hydrogen (secondary N) is 1. The maximum atomic E-state index is 9.76. The van der Waals surface area contributed by atoms with E-state index < -0.39 is 6.10 Å². The summed E-state index contributed by atoms with van der Waals surface area (Å²) in [5, 5.41) is 13.1. The molecule has 2 saturated heterocycles. The first-order valence-electron chi connectivity index (χ1n) is 7.36. The van der Waals surface area contributed by atoms with Gasteiger partial charge in [0.1, 0.15) is 6.10 Å². The topological polar surface area (TPSA) is 60.0 Å². The van der Waals surface area contributed by atoms with Gasteiger partial charge in [0, 0.05) is 6.42 Å². The van der Waals surface area contributed by atoms with Crippen molar-refractivity contribution in [3.05, 3.63) is 0 Å². The van der Waals surface area contributed by atoms with Crippen molar-refractivity contribution in [1.29, 1.82) is 0 Å². The van der Waals surface area contributed by atoms with Crippen LogP contribution in [-0.4, -0.2) is 61.9 Å². The van der Waals surface area contributed by atoms with Gasteiger partial charge in [-0.1, -0.05) is 0 Å². The smallest absolute Gasteiger partial charge is 0.101 e. The van der Waals surface area contributed by atoms with E-state index in [1.54, 1.807) is 0 Å². The van der Waals surface area contributed by atoms with Crippen LogP contribution < -0.4 is 5.32 Å². The van der Waals surface area contributed by atoms with E-state index in [-0.39, 0.29) is 17.8 Å². The summed E-state index contributed by atoms with van der Waals surface area (Å²) in [5.74, 6) is 0. The number of hydrogen-bond acceptors (Lipinski definition) is 5. The average Bonchev–Trinajstić information content (AvgIpc) is 2.78. The van der Waals surface area contributed by atoms with Gasteiger partial charge in [-0.15, -0.1) is 0 Å². The van der Waals surface area contributed by atoms with Gasteiger partial charge in [-0.3, -0.25) is 0 Å². The van der Waals surface area contributed by atoms with Crippen LogP contribution in [-0.2, 0) is 14.2 Å². The summed E-state index contributed by atoms with van der Waals surface area (Å²) < 4.78 is 17.1. The molecule has 2 unspecified atom stereocenters. The van der Waals surface area contributed by atoms with Crippen molar-refractivity contribution in [1.82, 2.24) is 5.32 Å². The van der Waals surface area contributed by atoms with Gasteiger partial charge in [0.15, 0.2) is 0 Å². The van der Waals surface area contributed by atoms with E-state index in [1.165, 1.54) is 0 Å². The summed E-state index contributed by atoms with van der Waals surface area (Å²) in [6.07, 6.45) is 2.78. The molecule has 2 atom stereocenters. The molecule has 2 fully saturated rings. The molecule has 0 aliphatic carbocycles. The Kier molecular flexibility index (Phi) is 5.59. The van der Waals surface area contributed by atoms with E-state index in [4.69, 9.17) is 14.2 Å². The van der Waals surface area contributed by atoms with Crippen molar-refractivity contribution in [3.63, 3.8) is 0 Å². The Balaban J connectivity index is 1.64. The third-order valence-electron chi connectivity index (χ3n) is 3.84. The van der Waals surface area contributed by atoms with Crippen LogP contribution in [0.4, 0.5) is 0 Å². The van der Waals surface area contributed by atoms with E-state index in [1.807, 2.05) is 13.8 Å². The highest BCUT2D eigenvalue weighted by Gasteiger charge is 2.41. The summed E-state index contributed by atoms with van der Waals surface area (Å²) in [5.41, 5.74) is 0.0231. The summed E-state index contributed by atoms with van der Waals surface area (Å²) in [4.78, 5) is 0. The molecule has 0 bridgehead atoms. The van der Waals surface area contributed by atoms with Crippen molar-refractivity contribution < 1.29 is 19.3 Å². The second-order valence-corrected chi connectivity index (χ2v) is 5.94. The summed E-state index contributed by atoms with van der Waals surface area (Å²) in [7, 11) is 0. The number of hydrogen-bond donors (Lipinski definition) is 2. The van der Waals surface area contributed by atoms with Crippen molar-refractivity contribution >= 4 is 0 Å². The number of ether oxygens (including phenoxy) is 3. The Morgan fingerprint density at radius 1 is 1.32 bits per heavy atom. The second-order valence-electron chi connectivity index (χ2n) is 5.94. The third-order valence-corrected chi connectivity index (χ3v) is 3.84. The minimum atomic E-state index is -0.549. The van der Waals surface area contributed by atoms with Crippen molar-refractivity contribution in [2.45, 2.75) is 57.0 Å². The number of piperidine rings is 1. The lowest BCUT2D eigenvalue weighted by atomic mass is 9.89. The number of aliphatic hydroxyl groups excluding tert-OH is 1. The molecule has 2 N–H and O–H groups in total. The third kappa shape index (κ3) is 4.68. The molecule has 19 heavy (non-hydrogen) atoms. The van der Waals surface area contributed by atoms with E-state index in [9.17, 15) is 5.11 Å². The zero-order valence-electron chi connectivity index (χ0n) is 12.1. The molecule has 5 nitrogen and oxygen atoms in total. The minimum absolute atomic E-state index is 0.0231. The predicted molar refractivity (Wildman–Crippen MR) is 72.2 cm³/mol. The van der Waals surface area contributed by atoms with E-state index in [2.05, 4.69) is 5.32 Å². The van der Waals surface area contributed by atoms with Gasteiger partial charge in [-0.05, 0) is 39.8 Å². The summed E-state index contributed by atoms with van der Waals surface area (Å²) in [6, 6.07) is 0. The highest BCUT2D eigenvalue weighted by molar-refractivity contribution is 4.93. The lowest BCUT2D eigenvalue weighted by Gasteiger charge is -2.32. The monoisotopic (exact) mass is 273 g/mol. The molecule has 0 saturated carbocycles. The summed E-state index contributed by atoms with van der Waals surface area (Å²) >= 11 is 0. The lowest BCUT2D eigenvalue weighted by Crippen LogP contribution is -2.41. The minimum Gasteiger partial charge on any atom is -0.388 e. The standard InChI is InChI=1S/C14H27NO4/c1-11(2)17-8-12(16)9-18-13-7-14(19-10-13)3-5-15-6-4-14/h11-13,15-16H,3-10H2,1-2H3. The quantitative estimate of drug-likeness (QED) is 0.746. The molecule has 2 heterocycles. The average molecular weight is 273 g/mol. The van der Waals surface area contributed by atoms with E-state index >= 15 is 0 Å². The van der Waals surface area contributed by atoms with Crippen LogP contribution in [0.5, 0.6) is 0 Å². The molecule has 5 heteroatoms. The van der Waals surface area contributed by atoms with E-state index in [0.717, 1.165) is 32.4 Å². The molecule has 0 aromatic heterocycles. The Labute approximate surface area is 115 Å². The Morgan fingerprint density at radius 2 is 2.05 bits per heavy atom. The largest absolute Gasteiger partial charge is 0.388 e. The van der Waals surface area contributed by atoms with Crippen molar-refractivity contribution in [3.8, 4) is 0 Å². The van der Waals surface area contributed by atoms with Gasteiger partial charge < -0.3 is 24.6 Å². The molecular weight excluding hydrogens is 246 g/mol. The van der Waals surface area contributed by atoms with Gasteiger partial charge in [0.05, 0.1) is 37.6 Å². The van der Waals surface area contributed by atoms with Gasteiger partial charge in [-0.25, -0.2) is 0 Å². The Morgan fingerprint density at radius 3 is 2.74 bits per heavy atom. The van der Waals surface area contributed by atoms with Crippen LogP contribution in [0.1, 0.15) is 33.1 Å². The molecule has 0 radical (unpaired) electrons. The molecule has 2 aliphatic rings. The maximum absolute atomic E-state index is 9.76. The zero-order chi connectivity index (χ0) is 13.7. The van der Waals surface area contributed by atoms with Gasteiger partial charge >= 0.3 is 0 Å². The van der Waals surface area contributed by atoms with Gasteiger partial charge in [0.25, 0.3) is 0 Å². The van der Waals surface area contributed by atoms with Crippen LogP contribution in [0.2, 0.25) is 0 Å². The highest BCUT2D eigenvalue weighted by atomic mass is 16.6. The normalized spacial score (nSPS) is 28.1. The SMILES string of the molecule is CC(C)OCC(O)COC1COC2(CCNCC2)C1. The molecule has 112 valence electrons. The molecule has 2 aliphatic heterocycles. The Hall–Kier alpha value is -0.200. The predicted octanol–water partition coefficient (Wildman–Crippen LogP) is 0.700. The fourth-order valence-electron chi connectivity index (χ4n) is 2.74. The molecule has 0 aromatic carbocycles. The lowest BCUT2D eigenvalue weighted by molar-refractivity contribution is -0.0575. The molecule has 0 amide bonds. The van der Waals surface area contributed by atoms with Crippen LogP contribution >= 0.6 is 0 Å².